The summed E-state index contributed by atoms with van der Waals surface area (Å²) in [7, 11) is 0. The second-order valence-corrected chi connectivity index (χ2v) is 7.01. The topological polar surface area (TPSA) is 70.9 Å². The van der Waals surface area contributed by atoms with E-state index >= 15 is 0 Å². The molecule has 0 aliphatic carbocycles. The van der Waals surface area contributed by atoms with Crippen LogP contribution in [-0.2, 0) is 6.61 Å². The number of halogens is 2. The number of hydrazone groups is 1. The minimum Gasteiger partial charge on any atom is -0.507 e. The predicted molar refractivity (Wildman–Crippen MR) is 113 cm³/mol. The van der Waals surface area contributed by atoms with Gasteiger partial charge in [-0.1, -0.05) is 12.1 Å². The van der Waals surface area contributed by atoms with E-state index in [1.54, 1.807) is 48.5 Å². The van der Waals surface area contributed by atoms with Crippen molar-refractivity contribution in [2.45, 2.75) is 6.61 Å². The van der Waals surface area contributed by atoms with E-state index in [0.717, 1.165) is 11.1 Å². The van der Waals surface area contributed by atoms with Crippen LogP contribution in [0.4, 0.5) is 4.39 Å². The fourth-order valence-corrected chi connectivity index (χ4v) is 2.62. The average molecular weight is 490 g/mol. The zero-order valence-electron chi connectivity index (χ0n) is 14.6. The summed E-state index contributed by atoms with van der Waals surface area (Å²) in [5.74, 6) is 0.0221. The summed E-state index contributed by atoms with van der Waals surface area (Å²) >= 11 is 1.98. The van der Waals surface area contributed by atoms with Crippen LogP contribution < -0.4 is 10.2 Å². The lowest BCUT2D eigenvalue weighted by Gasteiger charge is -2.06. The zero-order valence-corrected chi connectivity index (χ0v) is 16.8. The number of aromatic hydroxyl groups is 1. The summed E-state index contributed by atoms with van der Waals surface area (Å²) in [5.41, 5.74) is 4.38. The number of amides is 1. The van der Waals surface area contributed by atoms with Gasteiger partial charge in [-0.3, -0.25) is 4.79 Å². The van der Waals surface area contributed by atoms with E-state index in [4.69, 9.17) is 4.74 Å². The van der Waals surface area contributed by atoms with Gasteiger partial charge in [0.15, 0.2) is 0 Å². The third-order valence-corrected chi connectivity index (χ3v) is 4.70. The number of phenols is 1. The molecule has 3 aromatic carbocycles. The fourth-order valence-electron chi connectivity index (χ4n) is 2.28. The van der Waals surface area contributed by atoms with E-state index in [1.165, 1.54) is 24.4 Å². The van der Waals surface area contributed by atoms with E-state index in [1.807, 2.05) is 22.6 Å². The molecule has 0 unspecified atom stereocenters. The molecule has 3 rings (SSSR count). The van der Waals surface area contributed by atoms with E-state index in [0.29, 0.717) is 21.5 Å². The minimum atomic E-state index is -0.415. The Kier molecular flexibility index (Phi) is 6.59. The van der Waals surface area contributed by atoms with Crippen LogP contribution in [0.15, 0.2) is 71.8 Å². The second kappa shape index (κ2) is 9.32. The normalized spacial score (nSPS) is 10.8. The molecule has 0 atom stereocenters. The number of hydrogen-bond acceptors (Lipinski definition) is 4. The van der Waals surface area contributed by atoms with Gasteiger partial charge in [0, 0.05) is 5.56 Å². The van der Waals surface area contributed by atoms with Gasteiger partial charge >= 0.3 is 0 Å². The first-order chi connectivity index (χ1) is 13.5. The van der Waals surface area contributed by atoms with Crippen molar-refractivity contribution >= 4 is 34.7 Å². The molecule has 0 bridgehead atoms. The molecular weight excluding hydrogens is 474 g/mol. The van der Waals surface area contributed by atoms with Crippen LogP contribution in [0.1, 0.15) is 21.5 Å². The van der Waals surface area contributed by atoms with Crippen molar-refractivity contribution in [2.75, 3.05) is 0 Å². The number of benzene rings is 3. The molecule has 0 saturated heterocycles. The lowest BCUT2D eigenvalue weighted by Crippen LogP contribution is -2.17. The summed E-state index contributed by atoms with van der Waals surface area (Å²) in [5, 5.41) is 13.6. The zero-order chi connectivity index (χ0) is 19.9. The summed E-state index contributed by atoms with van der Waals surface area (Å²) in [4.78, 5) is 12.0. The minimum absolute atomic E-state index is 0.0495. The fraction of sp³-hybridized carbons (Fsp3) is 0.0476. The van der Waals surface area contributed by atoms with Crippen molar-refractivity contribution in [1.82, 2.24) is 5.43 Å². The maximum absolute atomic E-state index is 12.9. The molecule has 0 spiro atoms. The lowest BCUT2D eigenvalue weighted by molar-refractivity contribution is 0.0954. The number of carbonyl (C=O) groups excluding carboxylic acids is 1. The standard InChI is InChI=1S/C21H16FIN2O3/c22-17-6-1-15(2-7-17)13-28-18-8-3-14(4-9-18)12-24-25-21(27)16-5-10-19(23)20(26)11-16/h1-12,26H,13H2,(H,25,27)/b24-12-. The Morgan fingerprint density at radius 1 is 1.11 bits per heavy atom. The van der Waals surface area contributed by atoms with Crippen LogP contribution in [-0.4, -0.2) is 17.2 Å². The molecule has 142 valence electrons. The molecule has 0 saturated carbocycles. The Morgan fingerprint density at radius 2 is 1.82 bits per heavy atom. The Morgan fingerprint density at radius 3 is 2.50 bits per heavy atom. The quantitative estimate of drug-likeness (QED) is 0.304. The van der Waals surface area contributed by atoms with Crippen molar-refractivity contribution in [3.05, 3.63) is 92.8 Å². The number of phenolic OH excluding ortho intramolecular Hbond substituents is 1. The largest absolute Gasteiger partial charge is 0.507 e. The van der Waals surface area contributed by atoms with Gasteiger partial charge in [-0.2, -0.15) is 5.10 Å². The molecule has 0 heterocycles. The smallest absolute Gasteiger partial charge is 0.271 e. The van der Waals surface area contributed by atoms with Crippen molar-refractivity contribution < 1.29 is 19.0 Å². The SMILES string of the molecule is O=C(N/N=C\c1ccc(OCc2ccc(F)cc2)cc1)c1ccc(I)c(O)c1. The van der Waals surface area contributed by atoms with E-state index < -0.39 is 5.91 Å². The van der Waals surface area contributed by atoms with Crippen LogP contribution in [0, 0.1) is 9.39 Å². The molecule has 0 fully saturated rings. The van der Waals surface area contributed by atoms with Gasteiger partial charge in [0.25, 0.3) is 5.91 Å². The Hall–Kier alpha value is -2.94. The van der Waals surface area contributed by atoms with Crippen LogP contribution in [0.5, 0.6) is 11.5 Å². The molecule has 0 radical (unpaired) electrons. The monoisotopic (exact) mass is 490 g/mol. The molecule has 28 heavy (non-hydrogen) atoms. The third-order valence-electron chi connectivity index (χ3n) is 3.79. The molecule has 0 aliphatic heterocycles. The predicted octanol–water partition coefficient (Wildman–Crippen LogP) is 4.48. The molecule has 2 N–H and O–H groups in total. The summed E-state index contributed by atoms with van der Waals surface area (Å²) in [6.07, 6.45) is 1.51. The van der Waals surface area contributed by atoms with Gasteiger partial charge in [0.2, 0.25) is 0 Å². The van der Waals surface area contributed by atoms with Gasteiger partial charge in [0.1, 0.15) is 23.9 Å². The molecule has 3 aromatic rings. The Balaban J connectivity index is 1.52. The van der Waals surface area contributed by atoms with Crippen molar-refractivity contribution in [3.63, 3.8) is 0 Å². The number of rotatable bonds is 6. The van der Waals surface area contributed by atoms with E-state index in [2.05, 4.69) is 10.5 Å². The first kappa shape index (κ1) is 19.8. The van der Waals surface area contributed by atoms with E-state index in [9.17, 15) is 14.3 Å². The Labute approximate surface area is 175 Å². The second-order valence-electron chi connectivity index (χ2n) is 5.85. The number of nitrogens with zero attached hydrogens (tertiary/aromatic N) is 1. The molecule has 5 nitrogen and oxygen atoms in total. The molecule has 7 heteroatoms. The third kappa shape index (κ3) is 5.53. The van der Waals surface area contributed by atoms with Crippen molar-refractivity contribution in [3.8, 4) is 11.5 Å². The van der Waals surface area contributed by atoms with Gasteiger partial charge in [-0.25, -0.2) is 9.82 Å². The van der Waals surface area contributed by atoms with Gasteiger partial charge in [-0.05, 0) is 88.3 Å². The summed E-state index contributed by atoms with van der Waals surface area (Å²) in [6.45, 7) is 0.340. The first-order valence-electron chi connectivity index (χ1n) is 8.30. The number of ether oxygens (including phenoxy) is 1. The number of hydrogen-bond donors (Lipinski definition) is 2. The molecule has 0 aromatic heterocycles. The van der Waals surface area contributed by atoms with Gasteiger partial charge < -0.3 is 9.84 Å². The highest BCUT2D eigenvalue weighted by Gasteiger charge is 2.07. The first-order valence-corrected chi connectivity index (χ1v) is 9.38. The highest BCUT2D eigenvalue weighted by atomic mass is 127. The molecule has 0 aliphatic rings. The lowest BCUT2D eigenvalue weighted by atomic mass is 10.2. The maximum atomic E-state index is 12.9. The van der Waals surface area contributed by atoms with Crippen LogP contribution in [0.3, 0.4) is 0 Å². The number of nitrogens with one attached hydrogen (secondary N) is 1. The summed E-state index contributed by atoms with van der Waals surface area (Å²) < 4.78 is 19.2. The van der Waals surface area contributed by atoms with Crippen LogP contribution in [0.25, 0.3) is 0 Å². The van der Waals surface area contributed by atoms with Gasteiger partial charge in [-0.15, -0.1) is 0 Å². The van der Waals surface area contributed by atoms with Gasteiger partial charge in [0.05, 0.1) is 9.78 Å². The van der Waals surface area contributed by atoms with Crippen LogP contribution >= 0.6 is 22.6 Å². The van der Waals surface area contributed by atoms with E-state index in [-0.39, 0.29) is 11.6 Å². The summed E-state index contributed by atoms with van der Waals surface area (Å²) in [6, 6.07) is 17.9. The van der Waals surface area contributed by atoms with Crippen LogP contribution in [0.2, 0.25) is 0 Å². The molecular formula is C21H16FIN2O3. The Bertz CT molecular complexity index is 990. The highest BCUT2D eigenvalue weighted by molar-refractivity contribution is 14.1. The maximum Gasteiger partial charge on any atom is 0.271 e. The average Bonchev–Trinajstić information content (AvgIpc) is 2.70. The van der Waals surface area contributed by atoms with Crippen molar-refractivity contribution in [2.24, 2.45) is 5.10 Å². The highest BCUT2D eigenvalue weighted by Crippen LogP contribution is 2.20. The molecule has 1 amide bonds. The number of carbonyl (C=O) groups is 1. The van der Waals surface area contributed by atoms with Crippen molar-refractivity contribution in [1.29, 1.82) is 0 Å².